The second-order valence-electron chi connectivity index (χ2n) is 3.14. The van der Waals surface area contributed by atoms with E-state index in [-0.39, 0.29) is 0 Å². The first kappa shape index (κ1) is 9.26. The molecule has 0 aliphatic carbocycles. The lowest BCUT2D eigenvalue weighted by molar-refractivity contribution is 1.33. The minimum Gasteiger partial charge on any atom is -0.131 e. The molecule has 0 aliphatic rings. The molecule has 0 nitrogen and oxygen atoms in total. The average molecular weight is 205 g/mol. The quantitative estimate of drug-likeness (QED) is 0.324. The van der Waals surface area contributed by atoms with Crippen molar-refractivity contribution in [2.45, 2.75) is 31.4 Å². The minimum absolute atomic E-state index is 0.351. The van der Waals surface area contributed by atoms with Gasteiger partial charge in [0.25, 0.3) is 0 Å². The summed E-state index contributed by atoms with van der Waals surface area (Å²) in [5.74, 6) is 3.11. The van der Waals surface area contributed by atoms with Gasteiger partial charge in [-0.2, -0.15) is 0 Å². The summed E-state index contributed by atoms with van der Waals surface area (Å²) in [6, 6.07) is 0. The Balaban J connectivity index is 3.88. The lowest BCUT2D eigenvalue weighted by Gasteiger charge is -2.03. The van der Waals surface area contributed by atoms with Gasteiger partial charge in [-0.25, -0.2) is 0 Å². The van der Waals surface area contributed by atoms with E-state index < -0.39 is 8.07 Å². The molecule has 0 radical (unpaired) electrons. The first-order valence-electron chi connectivity index (χ1n) is 3.08. The predicted molar refractivity (Wildman–Crippen MR) is 49.5 cm³/mol. The molecule has 0 spiro atoms. The number of halogens is 1. The Morgan fingerprint density at radius 2 is 1.78 bits per heavy atom. The van der Waals surface area contributed by atoms with Gasteiger partial charge in [0.1, 0.15) is 8.07 Å². The van der Waals surface area contributed by atoms with Gasteiger partial charge in [-0.05, 0) is 6.92 Å². The number of hydrogen-bond donors (Lipinski definition) is 0. The van der Waals surface area contributed by atoms with Crippen LogP contribution >= 0.6 is 15.9 Å². The maximum Gasteiger partial charge on any atom is 0.129 e. The van der Waals surface area contributed by atoms with Gasteiger partial charge in [-0.1, -0.05) is 41.5 Å². The SMILES string of the molecule is C[C@@H](Br)C#C[Si](C)(C)C. The molecule has 0 N–H and O–H groups in total. The monoisotopic (exact) mass is 204 g/mol. The van der Waals surface area contributed by atoms with Crippen molar-refractivity contribution in [1.82, 2.24) is 0 Å². The van der Waals surface area contributed by atoms with E-state index in [2.05, 4.69) is 47.0 Å². The molecule has 0 amide bonds. The highest BCUT2D eigenvalue weighted by atomic mass is 79.9. The van der Waals surface area contributed by atoms with Crippen LogP contribution < -0.4 is 0 Å². The van der Waals surface area contributed by atoms with Crippen molar-refractivity contribution < 1.29 is 0 Å². The minimum atomic E-state index is -1.11. The van der Waals surface area contributed by atoms with E-state index in [0.29, 0.717) is 4.83 Å². The van der Waals surface area contributed by atoms with E-state index in [1.54, 1.807) is 0 Å². The molecule has 52 valence electrons. The first-order chi connectivity index (χ1) is 3.92. The van der Waals surface area contributed by atoms with Gasteiger partial charge >= 0.3 is 0 Å². The fourth-order valence-corrected chi connectivity index (χ4v) is 1.29. The summed E-state index contributed by atoms with van der Waals surface area (Å²) >= 11 is 3.38. The molecule has 0 aromatic carbocycles. The van der Waals surface area contributed by atoms with Gasteiger partial charge in [-0.15, -0.1) is 5.54 Å². The van der Waals surface area contributed by atoms with Gasteiger partial charge in [0.15, 0.2) is 0 Å². The molecule has 0 rings (SSSR count). The largest absolute Gasteiger partial charge is 0.131 e. The molecule has 0 fully saturated rings. The van der Waals surface area contributed by atoms with Crippen LogP contribution in [0.4, 0.5) is 0 Å². The Kier molecular flexibility index (Phi) is 3.53. The summed E-state index contributed by atoms with van der Waals surface area (Å²) in [7, 11) is -1.11. The fourth-order valence-electron chi connectivity index (χ4n) is 0.316. The molecule has 0 saturated heterocycles. The van der Waals surface area contributed by atoms with Crippen LogP contribution in [0.25, 0.3) is 0 Å². The summed E-state index contributed by atoms with van der Waals surface area (Å²) in [5, 5.41) is 0. The molecular formula is C7H13BrSi. The summed E-state index contributed by atoms with van der Waals surface area (Å²) in [6.45, 7) is 8.79. The molecule has 0 aromatic heterocycles. The lowest BCUT2D eigenvalue weighted by Crippen LogP contribution is -2.16. The highest BCUT2D eigenvalue weighted by Crippen LogP contribution is 1.99. The molecule has 1 atom stereocenters. The van der Waals surface area contributed by atoms with Crippen LogP contribution in [-0.2, 0) is 0 Å². The highest BCUT2D eigenvalue weighted by molar-refractivity contribution is 9.09. The van der Waals surface area contributed by atoms with Crippen LogP contribution in [0.2, 0.25) is 19.6 Å². The molecule has 9 heavy (non-hydrogen) atoms. The zero-order chi connectivity index (χ0) is 7.49. The van der Waals surface area contributed by atoms with Gasteiger partial charge in [-0.3, -0.25) is 0 Å². The van der Waals surface area contributed by atoms with Crippen molar-refractivity contribution >= 4 is 24.0 Å². The van der Waals surface area contributed by atoms with Gasteiger partial charge < -0.3 is 0 Å². The molecule has 0 saturated carbocycles. The zero-order valence-electron chi connectivity index (χ0n) is 6.46. The van der Waals surface area contributed by atoms with Crippen molar-refractivity contribution in [1.29, 1.82) is 0 Å². The van der Waals surface area contributed by atoms with E-state index in [9.17, 15) is 0 Å². The average Bonchev–Trinajstić information content (AvgIpc) is 1.59. The normalized spacial score (nSPS) is 13.9. The van der Waals surface area contributed by atoms with E-state index in [1.807, 2.05) is 6.92 Å². The summed E-state index contributed by atoms with van der Waals surface area (Å²) < 4.78 is 0. The van der Waals surface area contributed by atoms with Gasteiger partial charge in [0.05, 0.1) is 4.83 Å². The predicted octanol–water partition coefficient (Wildman–Crippen LogP) is 2.65. The van der Waals surface area contributed by atoms with Crippen molar-refractivity contribution in [3.63, 3.8) is 0 Å². The third kappa shape index (κ3) is 8.26. The van der Waals surface area contributed by atoms with E-state index in [1.165, 1.54) is 0 Å². The number of hydrogen-bond acceptors (Lipinski definition) is 0. The van der Waals surface area contributed by atoms with Crippen molar-refractivity contribution in [3.05, 3.63) is 0 Å². The summed E-state index contributed by atoms with van der Waals surface area (Å²) in [6.07, 6.45) is 0. The number of rotatable bonds is 0. The first-order valence-corrected chi connectivity index (χ1v) is 7.50. The highest BCUT2D eigenvalue weighted by Gasteiger charge is 2.07. The van der Waals surface area contributed by atoms with Gasteiger partial charge in [0.2, 0.25) is 0 Å². The molecule has 0 aromatic rings. The molecule has 0 aliphatic heterocycles. The van der Waals surface area contributed by atoms with Crippen LogP contribution in [-0.4, -0.2) is 12.9 Å². The molecule has 0 heterocycles. The standard InChI is InChI=1S/C7H13BrSi/c1-7(8)5-6-9(2,3)4/h7H,1-4H3/t7-/m1/s1. The Bertz CT molecular complexity index is 133. The summed E-state index contributed by atoms with van der Waals surface area (Å²) in [5.41, 5.74) is 3.26. The Morgan fingerprint density at radius 3 is 1.89 bits per heavy atom. The van der Waals surface area contributed by atoms with Crippen molar-refractivity contribution in [3.8, 4) is 11.5 Å². The maximum absolute atomic E-state index is 3.38. The fraction of sp³-hybridized carbons (Fsp3) is 0.714. The Morgan fingerprint density at radius 1 is 1.33 bits per heavy atom. The zero-order valence-corrected chi connectivity index (χ0v) is 9.04. The van der Waals surface area contributed by atoms with Crippen LogP contribution in [0.5, 0.6) is 0 Å². The Labute approximate surface area is 67.2 Å². The summed E-state index contributed by atoms with van der Waals surface area (Å²) in [4.78, 5) is 0.351. The third-order valence-electron chi connectivity index (χ3n) is 0.646. The van der Waals surface area contributed by atoms with Crippen LogP contribution in [0.3, 0.4) is 0 Å². The van der Waals surface area contributed by atoms with E-state index >= 15 is 0 Å². The van der Waals surface area contributed by atoms with Crippen LogP contribution in [0, 0.1) is 11.5 Å². The van der Waals surface area contributed by atoms with Crippen molar-refractivity contribution in [2.75, 3.05) is 0 Å². The number of alkyl halides is 1. The van der Waals surface area contributed by atoms with E-state index in [0.717, 1.165) is 0 Å². The van der Waals surface area contributed by atoms with Crippen LogP contribution in [0.15, 0.2) is 0 Å². The third-order valence-corrected chi connectivity index (χ3v) is 1.77. The molecule has 0 unspecified atom stereocenters. The molecule has 2 heteroatoms. The molecular weight excluding hydrogens is 192 g/mol. The van der Waals surface area contributed by atoms with Crippen LogP contribution in [0.1, 0.15) is 6.92 Å². The second-order valence-corrected chi connectivity index (χ2v) is 9.26. The smallest absolute Gasteiger partial charge is 0.129 e. The van der Waals surface area contributed by atoms with E-state index in [4.69, 9.17) is 0 Å². The molecule has 0 bridgehead atoms. The second kappa shape index (κ2) is 3.43. The Hall–Kier alpha value is 0.257. The van der Waals surface area contributed by atoms with Gasteiger partial charge in [0, 0.05) is 0 Å². The lowest BCUT2D eigenvalue weighted by atomic mass is 10.5. The topological polar surface area (TPSA) is 0 Å². The van der Waals surface area contributed by atoms with Crippen molar-refractivity contribution in [2.24, 2.45) is 0 Å². The maximum atomic E-state index is 3.38.